The molecule has 6 heteroatoms. The molecular formula is C11H11N3O3. The highest BCUT2D eigenvalue weighted by atomic mass is 16.4. The van der Waals surface area contributed by atoms with Crippen molar-refractivity contribution < 1.29 is 9.90 Å². The molecule has 88 valence electrons. The maximum Gasteiger partial charge on any atom is 0.335 e. The summed E-state index contributed by atoms with van der Waals surface area (Å²) >= 11 is 0. The van der Waals surface area contributed by atoms with Crippen molar-refractivity contribution in [3.05, 3.63) is 52.5 Å². The molecule has 0 fully saturated rings. The molecule has 0 saturated carbocycles. The van der Waals surface area contributed by atoms with E-state index in [1.165, 1.54) is 16.8 Å². The van der Waals surface area contributed by atoms with Crippen LogP contribution in [0.4, 0.5) is 0 Å². The topological polar surface area (TPSA) is 77.1 Å². The molecule has 0 aromatic carbocycles. The fraction of sp³-hybridized carbons (Fsp3) is 0.182. The first-order chi connectivity index (χ1) is 8.08. The van der Waals surface area contributed by atoms with Crippen LogP contribution in [0.5, 0.6) is 0 Å². The number of rotatable bonds is 3. The second-order valence-corrected chi connectivity index (χ2v) is 3.64. The van der Waals surface area contributed by atoms with Crippen LogP contribution in [-0.4, -0.2) is 25.2 Å². The van der Waals surface area contributed by atoms with E-state index in [1.54, 1.807) is 17.0 Å². The predicted octanol–water partition coefficient (Wildman–Crippen LogP) is 0.328. The molecule has 0 aliphatic rings. The van der Waals surface area contributed by atoms with Gasteiger partial charge in [-0.05, 0) is 6.07 Å². The third-order valence-electron chi connectivity index (χ3n) is 2.48. The van der Waals surface area contributed by atoms with E-state index < -0.39 is 5.97 Å². The first-order valence-corrected chi connectivity index (χ1v) is 4.98. The molecule has 0 radical (unpaired) electrons. The number of carbonyl (C=O) groups is 1. The Morgan fingerprint density at radius 1 is 1.47 bits per heavy atom. The number of hydrogen-bond donors (Lipinski definition) is 1. The number of pyridine rings is 1. The first kappa shape index (κ1) is 11.1. The second kappa shape index (κ2) is 4.25. The van der Waals surface area contributed by atoms with E-state index in [0.717, 1.165) is 11.9 Å². The number of aryl methyl sites for hydroxylation is 1. The highest BCUT2D eigenvalue weighted by Crippen LogP contribution is 1.99. The zero-order valence-corrected chi connectivity index (χ0v) is 9.20. The molecule has 2 rings (SSSR count). The van der Waals surface area contributed by atoms with Gasteiger partial charge >= 0.3 is 5.97 Å². The second-order valence-electron chi connectivity index (χ2n) is 3.64. The van der Waals surface area contributed by atoms with Gasteiger partial charge in [-0.3, -0.25) is 4.79 Å². The molecule has 0 atom stereocenters. The van der Waals surface area contributed by atoms with Gasteiger partial charge in [0.2, 0.25) is 0 Å². The van der Waals surface area contributed by atoms with E-state index >= 15 is 0 Å². The van der Waals surface area contributed by atoms with Crippen LogP contribution in [0.15, 0.2) is 35.5 Å². The van der Waals surface area contributed by atoms with Crippen molar-refractivity contribution in [1.29, 1.82) is 0 Å². The number of nitrogens with zero attached hydrogens (tertiary/aromatic N) is 3. The van der Waals surface area contributed by atoms with Crippen LogP contribution in [0.2, 0.25) is 0 Å². The van der Waals surface area contributed by atoms with Crippen molar-refractivity contribution in [1.82, 2.24) is 14.1 Å². The highest BCUT2D eigenvalue weighted by molar-refractivity contribution is 5.87. The average Bonchev–Trinajstić information content (AvgIpc) is 2.67. The molecule has 17 heavy (non-hydrogen) atoms. The monoisotopic (exact) mass is 233 g/mol. The minimum atomic E-state index is -1.11. The first-order valence-electron chi connectivity index (χ1n) is 4.98. The Balaban J connectivity index is 2.32. The molecule has 1 N–H and O–H groups in total. The SMILES string of the molecule is Cn1ccnc1Cn1ccc(C(=O)O)cc1=O. The molecule has 2 heterocycles. The summed E-state index contributed by atoms with van der Waals surface area (Å²) in [6, 6.07) is 2.50. The van der Waals surface area contributed by atoms with Gasteiger partial charge in [-0.25, -0.2) is 9.78 Å². The van der Waals surface area contributed by atoms with Crippen LogP contribution in [0.1, 0.15) is 16.2 Å². The van der Waals surface area contributed by atoms with E-state index in [9.17, 15) is 9.59 Å². The lowest BCUT2D eigenvalue weighted by atomic mass is 10.3. The zero-order valence-electron chi connectivity index (χ0n) is 9.20. The van der Waals surface area contributed by atoms with Crippen molar-refractivity contribution in [2.45, 2.75) is 6.54 Å². The van der Waals surface area contributed by atoms with Gasteiger partial charge in [0.1, 0.15) is 5.82 Å². The van der Waals surface area contributed by atoms with Gasteiger partial charge in [0, 0.05) is 31.7 Å². The van der Waals surface area contributed by atoms with Crippen LogP contribution >= 0.6 is 0 Å². The maximum absolute atomic E-state index is 11.6. The number of aromatic carboxylic acids is 1. The number of hydrogen-bond acceptors (Lipinski definition) is 3. The normalized spacial score (nSPS) is 10.4. The molecule has 0 unspecified atom stereocenters. The summed E-state index contributed by atoms with van der Waals surface area (Å²) in [5, 5.41) is 8.74. The van der Waals surface area contributed by atoms with Crippen LogP contribution in [-0.2, 0) is 13.6 Å². The van der Waals surface area contributed by atoms with E-state index in [0.29, 0.717) is 6.54 Å². The van der Waals surface area contributed by atoms with E-state index in [-0.39, 0.29) is 11.1 Å². The summed E-state index contributed by atoms with van der Waals surface area (Å²) in [6.07, 6.45) is 4.89. The summed E-state index contributed by atoms with van der Waals surface area (Å²) < 4.78 is 3.21. The van der Waals surface area contributed by atoms with Crippen LogP contribution < -0.4 is 5.56 Å². The van der Waals surface area contributed by atoms with Crippen molar-refractivity contribution in [2.24, 2.45) is 7.05 Å². The molecule has 2 aromatic heterocycles. The lowest BCUT2D eigenvalue weighted by Crippen LogP contribution is -2.22. The summed E-state index contributed by atoms with van der Waals surface area (Å²) in [7, 11) is 1.83. The molecule has 0 aliphatic heterocycles. The summed E-state index contributed by atoms with van der Waals surface area (Å²) in [4.78, 5) is 26.4. The van der Waals surface area contributed by atoms with Crippen molar-refractivity contribution in [2.75, 3.05) is 0 Å². The fourth-order valence-corrected chi connectivity index (χ4v) is 1.47. The minimum absolute atomic E-state index is 0.00825. The molecule has 0 bridgehead atoms. The number of imidazole rings is 1. The Labute approximate surface area is 96.8 Å². The smallest absolute Gasteiger partial charge is 0.335 e. The van der Waals surface area contributed by atoms with Crippen LogP contribution in [0.25, 0.3) is 0 Å². The Morgan fingerprint density at radius 2 is 2.24 bits per heavy atom. The van der Waals surface area contributed by atoms with E-state index in [2.05, 4.69) is 4.98 Å². The van der Waals surface area contributed by atoms with Crippen molar-refractivity contribution in [3.63, 3.8) is 0 Å². The molecule has 0 spiro atoms. The van der Waals surface area contributed by atoms with Gasteiger partial charge in [0.05, 0.1) is 12.1 Å². The Kier molecular flexibility index (Phi) is 2.78. The lowest BCUT2D eigenvalue weighted by Gasteiger charge is -2.05. The molecule has 0 saturated heterocycles. The van der Waals surface area contributed by atoms with Gasteiger partial charge in [-0.1, -0.05) is 0 Å². The maximum atomic E-state index is 11.6. The Hall–Kier alpha value is -2.37. The zero-order chi connectivity index (χ0) is 12.4. The standard InChI is InChI=1S/C11H11N3O3/c1-13-5-3-12-9(13)7-14-4-2-8(11(16)17)6-10(14)15/h2-6H,7H2,1H3,(H,16,17). The fourth-order valence-electron chi connectivity index (χ4n) is 1.47. The third-order valence-corrected chi connectivity index (χ3v) is 2.48. The van der Waals surface area contributed by atoms with E-state index in [1.807, 2.05) is 7.05 Å². The Morgan fingerprint density at radius 3 is 2.76 bits per heavy atom. The van der Waals surface area contributed by atoms with E-state index in [4.69, 9.17) is 5.11 Å². The Bertz CT molecular complexity index is 612. The largest absolute Gasteiger partial charge is 0.478 e. The van der Waals surface area contributed by atoms with Gasteiger partial charge in [-0.15, -0.1) is 0 Å². The minimum Gasteiger partial charge on any atom is -0.478 e. The predicted molar refractivity (Wildman–Crippen MR) is 60.0 cm³/mol. The lowest BCUT2D eigenvalue weighted by molar-refractivity contribution is 0.0696. The summed E-state index contributed by atoms with van der Waals surface area (Å²) in [5.41, 5.74) is -0.362. The van der Waals surface area contributed by atoms with Gasteiger partial charge < -0.3 is 14.2 Å². The van der Waals surface area contributed by atoms with Crippen molar-refractivity contribution in [3.8, 4) is 0 Å². The third kappa shape index (κ3) is 2.25. The summed E-state index contributed by atoms with van der Waals surface area (Å²) in [6.45, 7) is 0.322. The number of carboxylic acids is 1. The van der Waals surface area contributed by atoms with Crippen molar-refractivity contribution >= 4 is 5.97 Å². The number of carboxylic acid groups (broad SMARTS) is 1. The molecule has 2 aromatic rings. The average molecular weight is 233 g/mol. The molecule has 0 aliphatic carbocycles. The highest BCUT2D eigenvalue weighted by Gasteiger charge is 2.06. The van der Waals surface area contributed by atoms with Crippen LogP contribution in [0, 0.1) is 0 Å². The quantitative estimate of drug-likeness (QED) is 0.828. The van der Waals surface area contributed by atoms with Gasteiger partial charge in [-0.2, -0.15) is 0 Å². The molecular weight excluding hydrogens is 222 g/mol. The number of aromatic nitrogens is 3. The van der Waals surface area contributed by atoms with Gasteiger partial charge in [0.15, 0.2) is 0 Å². The summed E-state index contributed by atoms with van der Waals surface area (Å²) in [5.74, 6) is -0.374. The molecule has 6 nitrogen and oxygen atoms in total. The molecule has 0 amide bonds. The van der Waals surface area contributed by atoms with Crippen LogP contribution in [0.3, 0.4) is 0 Å². The van der Waals surface area contributed by atoms with Gasteiger partial charge in [0.25, 0.3) is 5.56 Å².